The van der Waals surface area contributed by atoms with Crippen LogP contribution in [0.4, 0.5) is 0 Å². The summed E-state index contributed by atoms with van der Waals surface area (Å²) in [5.74, 6) is -0.778. The van der Waals surface area contributed by atoms with Crippen LogP contribution in [0, 0.1) is 0 Å². The Hall–Kier alpha value is -1.45. The molecule has 0 aliphatic rings. The van der Waals surface area contributed by atoms with Crippen molar-refractivity contribution in [2.75, 3.05) is 24.6 Å². The van der Waals surface area contributed by atoms with Crippen molar-refractivity contribution in [3.05, 3.63) is 60.2 Å². The zero-order valence-corrected chi connectivity index (χ0v) is 18.0. The van der Waals surface area contributed by atoms with Crippen LogP contribution in [0.5, 0.6) is 0 Å². The van der Waals surface area contributed by atoms with Crippen LogP contribution < -0.4 is 10.6 Å². The fourth-order valence-corrected chi connectivity index (χ4v) is 2.62. The summed E-state index contributed by atoms with van der Waals surface area (Å²) in [6, 6.07) is 10.9. The van der Waals surface area contributed by atoms with Crippen molar-refractivity contribution in [1.82, 2.24) is 20.6 Å². The molecule has 0 saturated carbocycles. The molecule has 0 amide bonds. The SMILES string of the molecule is O=S(=O)([O-])CCNCc1ccccn1.O=S(=O)([O-])CCNCc1ccccn1.[Co+2]. The first-order valence-electron chi connectivity index (χ1n) is 8.24. The number of nitrogens with zero attached hydrogens (tertiary/aromatic N) is 2. The van der Waals surface area contributed by atoms with Gasteiger partial charge in [0.2, 0.25) is 0 Å². The molecule has 2 N–H and O–H groups in total. The Balaban J connectivity index is 0.000000523. The van der Waals surface area contributed by atoms with Gasteiger partial charge in [0, 0.05) is 38.6 Å². The topological polar surface area (TPSA) is 164 Å². The number of rotatable bonds is 10. The second-order valence-corrected chi connectivity index (χ2v) is 8.57. The van der Waals surface area contributed by atoms with Crippen molar-refractivity contribution >= 4 is 20.2 Å². The zero-order valence-electron chi connectivity index (χ0n) is 15.4. The Bertz CT molecular complexity index is 809. The zero-order chi connectivity index (χ0) is 20.9. The second-order valence-electron chi connectivity index (χ2n) is 5.52. The van der Waals surface area contributed by atoms with Gasteiger partial charge in [0.25, 0.3) is 0 Å². The number of nitrogens with one attached hydrogen (secondary N) is 2. The van der Waals surface area contributed by atoms with E-state index in [0.29, 0.717) is 13.1 Å². The Kier molecular flexibility index (Phi) is 13.8. The summed E-state index contributed by atoms with van der Waals surface area (Å²) in [5, 5.41) is 5.63. The van der Waals surface area contributed by atoms with Crippen molar-refractivity contribution in [1.29, 1.82) is 0 Å². The maximum Gasteiger partial charge on any atom is 2.00 e. The molecule has 2 aromatic rings. The minimum Gasteiger partial charge on any atom is -0.748 e. The molecule has 163 valence electrons. The van der Waals surface area contributed by atoms with E-state index in [2.05, 4.69) is 20.6 Å². The predicted octanol–water partition coefficient (Wildman–Crippen LogP) is -0.570. The largest absolute Gasteiger partial charge is 2.00 e. The van der Waals surface area contributed by atoms with Crippen molar-refractivity contribution in [3.8, 4) is 0 Å². The number of hydrogen-bond donors (Lipinski definition) is 2. The standard InChI is InChI=1S/2C8H12N2O3S.Co/c2*11-14(12,13)6-5-9-7-8-3-1-2-4-10-8;/h2*1-4,9H,5-7H2,(H,11,12,13);/q;;+2/p-2. The van der Waals surface area contributed by atoms with Crippen LogP contribution in [0.1, 0.15) is 11.4 Å². The first-order chi connectivity index (χ1) is 13.2. The van der Waals surface area contributed by atoms with Crippen molar-refractivity contribution in [3.63, 3.8) is 0 Å². The van der Waals surface area contributed by atoms with Gasteiger partial charge < -0.3 is 19.7 Å². The summed E-state index contributed by atoms with van der Waals surface area (Å²) in [4.78, 5) is 8.05. The average Bonchev–Trinajstić information content (AvgIpc) is 2.63. The molecule has 0 atom stereocenters. The van der Waals surface area contributed by atoms with E-state index < -0.39 is 20.2 Å². The summed E-state index contributed by atoms with van der Waals surface area (Å²) in [5.41, 5.74) is 1.63. The average molecular weight is 489 g/mol. The molecular formula is C16H22CoN4O6S2. The molecule has 1 radical (unpaired) electrons. The first-order valence-corrected chi connectivity index (χ1v) is 11.4. The van der Waals surface area contributed by atoms with E-state index in [9.17, 15) is 25.9 Å². The molecule has 0 spiro atoms. The molecule has 2 aromatic heterocycles. The van der Waals surface area contributed by atoms with E-state index in [1.807, 2.05) is 24.3 Å². The maximum atomic E-state index is 10.2. The molecule has 10 nitrogen and oxygen atoms in total. The summed E-state index contributed by atoms with van der Waals surface area (Å²) >= 11 is 0. The molecule has 2 rings (SSSR count). The molecule has 0 aliphatic carbocycles. The van der Waals surface area contributed by atoms with Gasteiger partial charge in [-0.05, 0) is 24.3 Å². The minimum absolute atomic E-state index is 0. The Morgan fingerprint density at radius 3 is 1.38 bits per heavy atom. The Labute approximate surface area is 181 Å². The fraction of sp³-hybridized carbons (Fsp3) is 0.375. The van der Waals surface area contributed by atoms with Gasteiger partial charge in [-0.2, -0.15) is 0 Å². The van der Waals surface area contributed by atoms with Gasteiger partial charge in [-0.15, -0.1) is 0 Å². The van der Waals surface area contributed by atoms with Gasteiger partial charge in [0.1, 0.15) is 0 Å². The van der Waals surface area contributed by atoms with Gasteiger partial charge in [-0.1, -0.05) is 12.1 Å². The Morgan fingerprint density at radius 1 is 0.724 bits per heavy atom. The smallest absolute Gasteiger partial charge is 0.748 e. The van der Waals surface area contributed by atoms with Gasteiger partial charge >= 0.3 is 16.8 Å². The molecule has 0 aliphatic heterocycles. The van der Waals surface area contributed by atoms with Crippen molar-refractivity contribution < 1.29 is 42.7 Å². The van der Waals surface area contributed by atoms with Crippen LogP contribution in [0.25, 0.3) is 0 Å². The van der Waals surface area contributed by atoms with Crippen LogP contribution in [0.2, 0.25) is 0 Å². The molecule has 0 fully saturated rings. The molecule has 2 heterocycles. The van der Waals surface area contributed by atoms with Crippen LogP contribution in [-0.2, 0) is 50.1 Å². The van der Waals surface area contributed by atoms with E-state index in [4.69, 9.17) is 0 Å². The van der Waals surface area contributed by atoms with Gasteiger partial charge in [-0.3, -0.25) is 9.97 Å². The summed E-state index contributed by atoms with van der Waals surface area (Å²) in [7, 11) is -8.22. The van der Waals surface area contributed by atoms with Crippen LogP contribution >= 0.6 is 0 Å². The normalized spacial score (nSPS) is 11.1. The van der Waals surface area contributed by atoms with Crippen molar-refractivity contribution in [2.45, 2.75) is 13.1 Å². The van der Waals surface area contributed by atoms with Gasteiger partial charge in [-0.25, -0.2) is 16.8 Å². The quantitative estimate of drug-likeness (QED) is 0.326. The molecule has 0 saturated heterocycles. The summed E-state index contributed by atoms with van der Waals surface area (Å²) in [6.45, 7) is 1.25. The van der Waals surface area contributed by atoms with Gasteiger partial charge in [0.05, 0.1) is 43.1 Å². The third-order valence-corrected chi connectivity index (χ3v) is 4.53. The number of aromatic nitrogens is 2. The molecule has 0 aromatic carbocycles. The summed E-state index contributed by atoms with van der Waals surface area (Å²) in [6.07, 6.45) is 3.31. The maximum absolute atomic E-state index is 10.2. The predicted molar refractivity (Wildman–Crippen MR) is 101 cm³/mol. The second kappa shape index (κ2) is 14.5. The van der Waals surface area contributed by atoms with Crippen LogP contribution in [0.15, 0.2) is 48.8 Å². The third-order valence-electron chi connectivity index (χ3n) is 3.12. The van der Waals surface area contributed by atoms with E-state index in [1.54, 1.807) is 24.5 Å². The first kappa shape index (κ1) is 27.5. The van der Waals surface area contributed by atoms with E-state index in [0.717, 1.165) is 11.4 Å². The number of pyridine rings is 2. The van der Waals surface area contributed by atoms with E-state index in [1.165, 1.54) is 0 Å². The van der Waals surface area contributed by atoms with Gasteiger partial charge in [0.15, 0.2) is 0 Å². The third kappa shape index (κ3) is 17.1. The fourth-order valence-electron chi connectivity index (χ4n) is 1.83. The molecule has 0 bridgehead atoms. The molecule has 0 unspecified atom stereocenters. The van der Waals surface area contributed by atoms with Crippen molar-refractivity contribution in [2.24, 2.45) is 0 Å². The summed E-state index contributed by atoms with van der Waals surface area (Å²) < 4.78 is 61.4. The van der Waals surface area contributed by atoms with E-state index >= 15 is 0 Å². The minimum atomic E-state index is -4.11. The molecule has 13 heteroatoms. The molecular weight excluding hydrogens is 467 g/mol. The molecule has 29 heavy (non-hydrogen) atoms. The Morgan fingerprint density at radius 2 is 1.10 bits per heavy atom. The monoisotopic (exact) mass is 489 g/mol. The van der Waals surface area contributed by atoms with Crippen LogP contribution in [-0.4, -0.2) is 60.5 Å². The number of hydrogen-bond acceptors (Lipinski definition) is 10. The van der Waals surface area contributed by atoms with E-state index in [-0.39, 0.29) is 41.4 Å². The van der Waals surface area contributed by atoms with Crippen LogP contribution in [0.3, 0.4) is 0 Å².